The second kappa shape index (κ2) is 6.88. The van der Waals surface area contributed by atoms with Crippen LogP contribution in [-0.4, -0.2) is 16.9 Å². The van der Waals surface area contributed by atoms with Crippen LogP contribution in [0.25, 0.3) is 0 Å². The van der Waals surface area contributed by atoms with E-state index in [2.05, 4.69) is 20.1 Å². The molecule has 0 bridgehead atoms. The Balaban J connectivity index is 3.17. The highest BCUT2D eigenvalue weighted by Gasteiger charge is 2.44. The molecule has 0 aromatic heterocycles. The average molecular weight is 290 g/mol. The SMILES string of the molecule is C=C1CC[C@@H](C(=C)C)[C@](C)(CCC(=O)O)[C@H]1/C=C/C(C)=O. The molecule has 0 radical (unpaired) electrons. The minimum atomic E-state index is -0.790. The molecule has 3 atom stereocenters. The van der Waals surface area contributed by atoms with Crippen molar-refractivity contribution in [3.63, 3.8) is 0 Å². The van der Waals surface area contributed by atoms with Gasteiger partial charge < -0.3 is 5.11 Å². The first kappa shape index (κ1) is 17.4. The lowest BCUT2D eigenvalue weighted by Gasteiger charge is -2.48. The normalized spacial score (nSPS) is 29.6. The van der Waals surface area contributed by atoms with Crippen LogP contribution in [0.2, 0.25) is 0 Å². The van der Waals surface area contributed by atoms with E-state index in [9.17, 15) is 9.59 Å². The van der Waals surface area contributed by atoms with Crippen LogP contribution in [-0.2, 0) is 9.59 Å². The Morgan fingerprint density at radius 3 is 2.52 bits per heavy atom. The minimum absolute atomic E-state index is 0.000771. The Morgan fingerprint density at radius 2 is 2.05 bits per heavy atom. The third kappa shape index (κ3) is 4.16. The summed E-state index contributed by atoms with van der Waals surface area (Å²) in [4.78, 5) is 22.3. The quantitative estimate of drug-likeness (QED) is 0.590. The van der Waals surface area contributed by atoms with E-state index < -0.39 is 5.97 Å². The van der Waals surface area contributed by atoms with Crippen LogP contribution in [0.4, 0.5) is 0 Å². The lowest BCUT2D eigenvalue weighted by atomic mass is 9.56. The highest BCUT2D eigenvalue weighted by Crippen LogP contribution is 2.53. The van der Waals surface area contributed by atoms with Gasteiger partial charge in [-0.05, 0) is 50.5 Å². The number of allylic oxidation sites excluding steroid dienone is 4. The molecule has 0 heterocycles. The van der Waals surface area contributed by atoms with Crippen LogP contribution in [0, 0.1) is 17.3 Å². The van der Waals surface area contributed by atoms with Crippen molar-refractivity contribution in [1.29, 1.82) is 0 Å². The maximum atomic E-state index is 11.3. The number of hydrogen-bond donors (Lipinski definition) is 1. The molecule has 21 heavy (non-hydrogen) atoms. The Bertz CT molecular complexity index is 487. The van der Waals surface area contributed by atoms with Crippen LogP contribution in [0.15, 0.2) is 36.5 Å². The lowest BCUT2D eigenvalue weighted by molar-refractivity contribution is -0.138. The highest BCUT2D eigenvalue weighted by molar-refractivity contribution is 5.87. The van der Waals surface area contributed by atoms with Gasteiger partial charge in [-0.1, -0.05) is 37.3 Å². The van der Waals surface area contributed by atoms with Gasteiger partial charge in [0.1, 0.15) is 0 Å². The predicted molar refractivity (Wildman–Crippen MR) is 85.0 cm³/mol. The standard InChI is InChI=1S/C18H26O3/c1-12(2)15-8-6-13(3)16(9-7-14(4)19)18(15,5)11-10-17(20)21/h7,9,15-16H,1,3,6,8,10-11H2,2,4-5H3,(H,20,21)/b9-7+/t15-,16-,18-/m0/s1. The van der Waals surface area contributed by atoms with E-state index in [1.165, 1.54) is 6.92 Å². The first-order valence-corrected chi connectivity index (χ1v) is 7.42. The highest BCUT2D eigenvalue weighted by atomic mass is 16.4. The molecule has 3 nitrogen and oxygen atoms in total. The summed E-state index contributed by atoms with van der Waals surface area (Å²) in [5.74, 6) is -0.511. The molecule has 0 aromatic carbocycles. The predicted octanol–water partition coefficient (Wildman–Crippen LogP) is 4.16. The van der Waals surface area contributed by atoms with Gasteiger partial charge in [-0.25, -0.2) is 0 Å². The van der Waals surface area contributed by atoms with E-state index in [1.807, 2.05) is 13.0 Å². The second-order valence-electron chi connectivity index (χ2n) is 6.44. The topological polar surface area (TPSA) is 54.4 Å². The molecule has 0 aliphatic heterocycles. The number of aliphatic carboxylic acids is 1. The Hall–Kier alpha value is -1.64. The van der Waals surface area contributed by atoms with E-state index in [-0.39, 0.29) is 29.5 Å². The summed E-state index contributed by atoms with van der Waals surface area (Å²) >= 11 is 0. The Morgan fingerprint density at radius 1 is 1.43 bits per heavy atom. The van der Waals surface area contributed by atoms with E-state index in [0.29, 0.717) is 6.42 Å². The molecule has 1 rings (SSSR count). The maximum Gasteiger partial charge on any atom is 0.303 e. The van der Waals surface area contributed by atoms with Gasteiger partial charge in [-0.15, -0.1) is 0 Å². The van der Waals surface area contributed by atoms with Crippen molar-refractivity contribution in [3.8, 4) is 0 Å². The summed E-state index contributed by atoms with van der Waals surface area (Å²) in [6, 6.07) is 0. The molecule has 0 amide bonds. The molecular weight excluding hydrogens is 264 g/mol. The van der Waals surface area contributed by atoms with Gasteiger partial charge in [0.15, 0.2) is 5.78 Å². The summed E-state index contributed by atoms with van der Waals surface area (Å²) in [5.41, 5.74) is 1.92. The van der Waals surface area contributed by atoms with Crippen molar-refractivity contribution in [2.24, 2.45) is 17.3 Å². The molecule has 1 fully saturated rings. The third-order valence-corrected chi connectivity index (χ3v) is 4.70. The number of carboxylic acids is 1. The zero-order chi connectivity index (χ0) is 16.2. The van der Waals surface area contributed by atoms with Gasteiger partial charge in [0.25, 0.3) is 0 Å². The van der Waals surface area contributed by atoms with Crippen LogP contribution >= 0.6 is 0 Å². The van der Waals surface area contributed by atoms with E-state index >= 15 is 0 Å². The first-order valence-electron chi connectivity index (χ1n) is 7.42. The number of carboxylic acid groups (broad SMARTS) is 1. The summed E-state index contributed by atoms with van der Waals surface area (Å²) in [6.07, 6.45) is 6.02. The lowest BCUT2D eigenvalue weighted by Crippen LogP contribution is -2.40. The fourth-order valence-electron chi connectivity index (χ4n) is 3.60. The van der Waals surface area contributed by atoms with Crippen molar-refractivity contribution in [2.75, 3.05) is 0 Å². The number of carbonyl (C=O) groups is 2. The Labute approximate surface area is 127 Å². The molecular formula is C18H26O3. The van der Waals surface area contributed by atoms with Crippen molar-refractivity contribution < 1.29 is 14.7 Å². The van der Waals surface area contributed by atoms with Gasteiger partial charge in [0.2, 0.25) is 0 Å². The largest absolute Gasteiger partial charge is 0.481 e. The first-order chi connectivity index (χ1) is 9.68. The summed E-state index contributed by atoms with van der Waals surface area (Å²) in [7, 11) is 0. The van der Waals surface area contributed by atoms with Crippen molar-refractivity contribution in [1.82, 2.24) is 0 Å². The van der Waals surface area contributed by atoms with Crippen molar-refractivity contribution in [2.45, 2.75) is 46.5 Å². The summed E-state index contributed by atoms with van der Waals surface area (Å²) in [5, 5.41) is 9.04. The van der Waals surface area contributed by atoms with Crippen LogP contribution < -0.4 is 0 Å². The smallest absolute Gasteiger partial charge is 0.303 e. The van der Waals surface area contributed by atoms with Crippen molar-refractivity contribution >= 4 is 11.8 Å². The van der Waals surface area contributed by atoms with Gasteiger partial charge >= 0.3 is 5.97 Å². The van der Waals surface area contributed by atoms with Crippen LogP contribution in [0.3, 0.4) is 0 Å². The van der Waals surface area contributed by atoms with E-state index in [0.717, 1.165) is 24.0 Å². The minimum Gasteiger partial charge on any atom is -0.481 e. The van der Waals surface area contributed by atoms with Gasteiger partial charge in [-0.3, -0.25) is 9.59 Å². The fourth-order valence-corrected chi connectivity index (χ4v) is 3.60. The summed E-state index contributed by atoms with van der Waals surface area (Å²) < 4.78 is 0. The molecule has 1 N–H and O–H groups in total. The van der Waals surface area contributed by atoms with Crippen LogP contribution in [0.1, 0.15) is 46.5 Å². The summed E-state index contributed by atoms with van der Waals surface area (Å²) in [6.45, 7) is 13.9. The monoisotopic (exact) mass is 290 g/mol. The molecule has 116 valence electrons. The van der Waals surface area contributed by atoms with Gasteiger partial charge in [0, 0.05) is 12.3 Å². The Kier molecular flexibility index (Phi) is 5.70. The molecule has 0 unspecified atom stereocenters. The molecule has 0 saturated heterocycles. The fraction of sp³-hybridized carbons (Fsp3) is 0.556. The number of rotatable bonds is 6. The van der Waals surface area contributed by atoms with E-state index in [1.54, 1.807) is 6.08 Å². The molecule has 0 aromatic rings. The maximum absolute atomic E-state index is 11.3. The van der Waals surface area contributed by atoms with Crippen LogP contribution in [0.5, 0.6) is 0 Å². The van der Waals surface area contributed by atoms with Gasteiger partial charge in [-0.2, -0.15) is 0 Å². The third-order valence-electron chi connectivity index (χ3n) is 4.70. The van der Waals surface area contributed by atoms with Gasteiger partial charge in [0.05, 0.1) is 0 Å². The number of ketones is 1. The molecule has 1 aliphatic carbocycles. The number of hydrogen-bond acceptors (Lipinski definition) is 2. The molecule has 3 heteroatoms. The number of carbonyl (C=O) groups excluding carboxylic acids is 1. The second-order valence-corrected chi connectivity index (χ2v) is 6.44. The molecule has 1 aliphatic rings. The average Bonchev–Trinajstić information content (AvgIpc) is 2.35. The van der Waals surface area contributed by atoms with E-state index in [4.69, 9.17) is 5.11 Å². The molecule has 1 saturated carbocycles. The zero-order valence-electron chi connectivity index (χ0n) is 13.3. The zero-order valence-corrected chi connectivity index (χ0v) is 13.3. The molecule has 0 spiro atoms. The van der Waals surface area contributed by atoms with Crippen molar-refractivity contribution in [3.05, 3.63) is 36.5 Å².